The van der Waals surface area contributed by atoms with Crippen molar-refractivity contribution in [3.8, 4) is 0 Å². The van der Waals surface area contributed by atoms with Gasteiger partial charge < -0.3 is 10.6 Å². The summed E-state index contributed by atoms with van der Waals surface area (Å²) in [5, 5.41) is 8.77. The monoisotopic (exact) mass is 421 g/mol. The molecule has 30 heavy (non-hydrogen) atoms. The maximum Gasteiger partial charge on any atom is 0.227 e. The molecule has 1 aliphatic carbocycles. The van der Waals surface area contributed by atoms with Crippen LogP contribution < -0.4 is 10.6 Å². The fourth-order valence-electron chi connectivity index (χ4n) is 4.41. The number of carbonyl (C=O) groups excluding carboxylic acids is 1. The summed E-state index contributed by atoms with van der Waals surface area (Å²) >= 11 is 6.10. The van der Waals surface area contributed by atoms with Crippen LogP contribution in [-0.2, 0) is 4.79 Å². The minimum Gasteiger partial charge on any atom is -0.382 e. The molecule has 1 aromatic heterocycles. The third kappa shape index (κ3) is 4.76. The van der Waals surface area contributed by atoms with Gasteiger partial charge in [0.15, 0.2) is 0 Å². The first-order valence-corrected chi connectivity index (χ1v) is 11.2. The maximum atomic E-state index is 12.8. The zero-order valence-corrected chi connectivity index (χ0v) is 18.0. The summed E-state index contributed by atoms with van der Waals surface area (Å²) in [6, 6.07) is 18.6. The number of aromatic nitrogens is 1. The molecular formula is C25H28ClN3O. The predicted octanol–water partition coefficient (Wildman–Crippen LogP) is 5.92. The Kier molecular flexibility index (Phi) is 6.53. The average molecular weight is 422 g/mol. The highest BCUT2D eigenvalue weighted by atomic mass is 35.5. The summed E-state index contributed by atoms with van der Waals surface area (Å²) in [5.74, 6) is 0.0779. The summed E-state index contributed by atoms with van der Waals surface area (Å²) < 4.78 is 0. The molecular weight excluding hydrogens is 394 g/mol. The van der Waals surface area contributed by atoms with E-state index in [1.54, 1.807) is 0 Å². The number of amides is 1. The molecule has 0 unspecified atom stereocenters. The van der Waals surface area contributed by atoms with Crippen LogP contribution in [0.5, 0.6) is 0 Å². The summed E-state index contributed by atoms with van der Waals surface area (Å²) in [6.45, 7) is 2.07. The highest BCUT2D eigenvalue weighted by Gasteiger charge is 2.26. The van der Waals surface area contributed by atoms with Crippen molar-refractivity contribution < 1.29 is 4.79 Å². The molecule has 156 valence electrons. The van der Waals surface area contributed by atoms with E-state index in [1.807, 2.05) is 60.8 Å². The topological polar surface area (TPSA) is 54.0 Å². The minimum atomic E-state index is -0.0722. The number of fused-ring (bicyclic) bond motifs is 1. The Morgan fingerprint density at radius 2 is 1.80 bits per heavy atom. The number of benzene rings is 2. The molecule has 4 nitrogen and oxygen atoms in total. The fourth-order valence-corrected chi connectivity index (χ4v) is 4.58. The van der Waals surface area contributed by atoms with Crippen molar-refractivity contribution in [2.24, 2.45) is 0 Å². The second-order valence-electron chi connectivity index (χ2n) is 8.09. The van der Waals surface area contributed by atoms with Gasteiger partial charge in [-0.1, -0.05) is 48.9 Å². The molecule has 0 aliphatic heterocycles. The molecule has 0 radical (unpaired) electrons. The molecule has 3 aromatic rings. The van der Waals surface area contributed by atoms with Crippen molar-refractivity contribution in [1.29, 1.82) is 0 Å². The third-order valence-electron chi connectivity index (χ3n) is 6.06. The second kappa shape index (κ2) is 9.48. The molecule has 1 fully saturated rings. The van der Waals surface area contributed by atoms with Crippen LogP contribution in [0.2, 0.25) is 5.02 Å². The number of nitrogens with one attached hydrogen (secondary N) is 2. The van der Waals surface area contributed by atoms with Crippen LogP contribution in [0.4, 0.5) is 5.69 Å². The van der Waals surface area contributed by atoms with Gasteiger partial charge in [-0.25, -0.2) is 0 Å². The largest absolute Gasteiger partial charge is 0.382 e. The van der Waals surface area contributed by atoms with Crippen LogP contribution in [0, 0.1) is 0 Å². The van der Waals surface area contributed by atoms with E-state index in [0.717, 1.165) is 54.3 Å². The number of nitrogens with zero attached hydrogens (tertiary/aromatic N) is 1. The quantitative estimate of drug-likeness (QED) is 0.519. The number of halogens is 1. The Morgan fingerprint density at radius 3 is 2.53 bits per heavy atom. The van der Waals surface area contributed by atoms with Gasteiger partial charge in [0.25, 0.3) is 0 Å². The fraction of sp³-hybridized carbons (Fsp3) is 0.360. The molecule has 0 spiro atoms. The van der Waals surface area contributed by atoms with Gasteiger partial charge in [0.2, 0.25) is 5.91 Å². The normalized spacial score (nSPS) is 19.9. The molecule has 1 saturated carbocycles. The molecule has 4 rings (SSSR count). The van der Waals surface area contributed by atoms with Crippen molar-refractivity contribution in [1.82, 2.24) is 10.3 Å². The Balaban J connectivity index is 1.34. The first-order chi connectivity index (χ1) is 14.6. The second-order valence-corrected chi connectivity index (χ2v) is 8.53. The molecule has 1 amide bonds. The summed E-state index contributed by atoms with van der Waals surface area (Å²) in [4.78, 5) is 17.3. The highest BCUT2D eigenvalue weighted by molar-refractivity contribution is 6.31. The summed E-state index contributed by atoms with van der Waals surface area (Å²) in [7, 11) is 0. The number of anilines is 1. The number of rotatable bonds is 6. The Labute approximate surface area is 183 Å². The highest BCUT2D eigenvalue weighted by Crippen LogP contribution is 2.29. The maximum absolute atomic E-state index is 12.8. The van der Waals surface area contributed by atoms with Gasteiger partial charge in [-0.3, -0.25) is 9.78 Å². The van der Waals surface area contributed by atoms with Crippen LogP contribution in [0.1, 0.15) is 50.5 Å². The van der Waals surface area contributed by atoms with Crippen molar-refractivity contribution in [2.45, 2.75) is 57.0 Å². The zero-order valence-electron chi connectivity index (χ0n) is 17.3. The van der Waals surface area contributed by atoms with Gasteiger partial charge in [-0.15, -0.1) is 0 Å². The molecule has 1 atom stereocenters. The number of carbonyl (C=O) groups is 1. The Bertz CT molecular complexity index is 1000. The Morgan fingerprint density at radius 1 is 1.07 bits per heavy atom. The van der Waals surface area contributed by atoms with Gasteiger partial charge in [-0.2, -0.15) is 0 Å². The zero-order chi connectivity index (χ0) is 20.9. The molecule has 2 N–H and O–H groups in total. The van der Waals surface area contributed by atoms with E-state index in [-0.39, 0.29) is 17.9 Å². The average Bonchev–Trinajstić information content (AvgIpc) is 2.76. The van der Waals surface area contributed by atoms with Crippen molar-refractivity contribution in [3.05, 3.63) is 71.4 Å². The lowest BCUT2D eigenvalue weighted by molar-refractivity contribution is -0.123. The van der Waals surface area contributed by atoms with E-state index in [4.69, 9.17) is 11.6 Å². The number of hydrogen-bond acceptors (Lipinski definition) is 3. The van der Waals surface area contributed by atoms with Gasteiger partial charge in [0.1, 0.15) is 0 Å². The van der Waals surface area contributed by atoms with Gasteiger partial charge in [0.05, 0.1) is 11.4 Å². The van der Waals surface area contributed by atoms with E-state index in [2.05, 4.69) is 22.5 Å². The van der Waals surface area contributed by atoms with Gasteiger partial charge in [-0.05, 0) is 61.9 Å². The van der Waals surface area contributed by atoms with E-state index in [9.17, 15) is 4.79 Å². The molecule has 0 bridgehead atoms. The van der Waals surface area contributed by atoms with Crippen molar-refractivity contribution in [2.75, 3.05) is 5.32 Å². The molecule has 5 heteroatoms. The smallest absolute Gasteiger partial charge is 0.227 e. The van der Waals surface area contributed by atoms with Crippen LogP contribution in [-0.4, -0.2) is 23.0 Å². The third-order valence-corrected chi connectivity index (χ3v) is 6.30. The van der Waals surface area contributed by atoms with Crippen LogP contribution in [0.15, 0.2) is 60.8 Å². The molecule has 1 heterocycles. The van der Waals surface area contributed by atoms with Crippen LogP contribution in [0.25, 0.3) is 10.9 Å². The summed E-state index contributed by atoms with van der Waals surface area (Å²) in [5.41, 5.74) is 3.09. The van der Waals surface area contributed by atoms with E-state index < -0.39 is 0 Å². The molecule has 0 saturated heterocycles. The first kappa shape index (κ1) is 20.7. The standard InChI is InChI=1S/C25H28ClN3O/c1-2-21(17-6-4-3-5-7-17)25(30)29-20-11-9-19(10-12-20)28-23-14-15-27-24-16-18(26)8-13-22(23)24/h3-8,13-16,19-21H,2,9-12H2,1H3,(H,27,28)(H,29,30)/t19?,20?,21-/m0/s1. The number of pyridine rings is 1. The summed E-state index contributed by atoms with van der Waals surface area (Å²) in [6.07, 6.45) is 6.68. The minimum absolute atomic E-state index is 0.0722. The van der Waals surface area contributed by atoms with E-state index >= 15 is 0 Å². The number of hydrogen-bond donors (Lipinski definition) is 2. The van der Waals surface area contributed by atoms with Gasteiger partial charge >= 0.3 is 0 Å². The lowest BCUT2D eigenvalue weighted by Gasteiger charge is -2.31. The van der Waals surface area contributed by atoms with Crippen LogP contribution >= 0.6 is 11.6 Å². The van der Waals surface area contributed by atoms with Crippen molar-refractivity contribution in [3.63, 3.8) is 0 Å². The lowest BCUT2D eigenvalue weighted by Crippen LogP contribution is -2.42. The van der Waals surface area contributed by atoms with E-state index in [0.29, 0.717) is 11.1 Å². The predicted molar refractivity (Wildman–Crippen MR) is 124 cm³/mol. The van der Waals surface area contributed by atoms with Crippen LogP contribution in [0.3, 0.4) is 0 Å². The molecule has 1 aliphatic rings. The lowest BCUT2D eigenvalue weighted by atomic mass is 9.89. The van der Waals surface area contributed by atoms with Gasteiger partial charge in [0, 0.05) is 34.4 Å². The Hall–Kier alpha value is -2.59. The first-order valence-electron chi connectivity index (χ1n) is 10.8. The van der Waals surface area contributed by atoms with Crippen molar-refractivity contribution >= 4 is 34.1 Å². The molecule has 2 aromatic carbocycles. The SMILES string of the molecule is CC[C@H](C(=O)NC1CCC(Nc2ccnc3cc(Cl)ccc23)CC1)c1ccccc1. The van der Waals surface area contributed by atoms with E-state index in [1.165, 1.54) is 0 Å².